The minimum Gasteiger partial charge on any atom is -0.381 e. The molecular weight excluding hydrogens is 1430 g/mol. The Morgan fingerprint density at radius 3 is 1.91 bits per heavy atom. The lowest BCUT2D eigenvalue weighted by Crippen LogP contribution is -2.68. The fourth-order valence-electron chi connectivity index (χ4n) is 17.3. The van der Waals surface area contributed by atoms with Crippen molar-refractivity contribution in [3.8, 4) is 0 Å². The van der Waals surface area contributed by atoms with Crippen LogP contribution >= 0.6 is 0 Å². The average molecular weight is 1550 g/mol. The average Bonchev–Trinajstić information content (AvgIpc) is 1.57. The molecule has 0 aromatic rings. The molecule has 3 aliphatic heterocycles. The molecule has 4 saturated carbocycles. The number of halogens is 6. The number of rotatable bonds is 16. The highest BCUT2D eigenvalue weighted by Gasteiger charge is 2.55. The van der Waals surface area contributed by atoms with E-state index in [1.165, 1.54) is 80.9 Å². The van der Waals surface area contributed by atoms with Crippen molar-refractivity contribution in [2.45, 2.75) is 261 Å². The summed E-state index contributed by atoms with van der Waals surface area (Å²) in [7, 11) is 10.9. The van der Waals surface area contributed by atoms with Crippen molar-refractivity contribution >= 4 is 70.9 Å². The van der Waals surface area contributed by atoms with E-state index in [1.54, 1.807) is 26.0 Å². The van der Waals surface area contributed by atoms with Crippen LogP contribution < -0.4 is 16.0 Å². The van der Waals surface area contributed by atoms with E-state index in [0.29, 0.717) is 51.4 Å². The molecule has 109 heavy (non-hydrogen) atoms. The van der Waals surface area contributed by atoms with Gasteiger partial charge in [-0.15, -0.1) is 0 Å². The first-order valence-corrected chi connectivity index (χ1v) is 39.6. The van der Waals surface area contributed by atoms with Gasteiger partial charge in [0.2, 0.25) is 70.9 Å². The third kappa shape index (κ3) is 22.2. The van der Waals surface area contributed by atoms with Crippen molar-refractivity contribution in [1.82, 2.24) is 60.0 Å². The number of nitrogens with zero attached hydrogens (tertiary/aromatic N) is 9. The molecule has 7 aliphatic rings. The maximum Gasteiger partial charge on any atom is 0.394 e. The van der Waals surface area contributed by atoms with Gasteiger partial charge in [0.15, 0.2) is 0 Å². The minimum atomic E-state index is -4.55. The van der Waals surface area contributed by atoms with Crippen molar-refractivity contribution < 1.29 is 93.4 Å². The zero-order valence-corrected chi connectivity index (χ0v) is 66.3. The van der Waals surface area contributed by atoms with Crippen LogP contribution in [0.5, 0.6) is 0 Å². The van der Waals surface area contributed by atoms with E-state index in [-0.39, 0.29) is 135 Å². The highest BCUT2D eigenvalue weighted by molar-refractivity contribution is 6.01. The normalized spacial score (nSPS) is 31.1. The molecule has 3 heterocycles. The Labute approximate surface area is 638 Å². The predicted molar refractivity (Wildman–Crippen MR) is 391 cm³/mol. The first-order chi connectivity index (χ1) is 51.3. The molecule has 32 heteroatoms. The van der Waals surface area contributed by atoms with E-state index < -0.39 is 198 Å². The summed E-state index contributed by atoms with van der Waals surface area (Å²) >= 11 is 0. The molecule has 2 bridgehead atoms. The maximum atomic E-state index is 15.7. The SMILES string of the molecule is CCCOC[C@H]1C(=O)N[C@@H]([C@@H](C)CC)C(=O)N(C)CC(=O)N(C)[C@H]2C/C=C\CCN(C2=O)[C@@H](CC2CCC(C(F)(F)F)CC2)C(=O)N(C)CC(=O)N[C@@H](CCC2CCC(C(F)(F)F)C(OC)C2)C(=O)N2C[C@@H](C)C[C@H]2C(=O)NC2(CCC2)C(=O)N(C)[C@@H](C2CCCC2)C(=O)N(C)[C@H](C(=O)N(C)CCC)CC(=O)N1C. The summed E-state index contributed by atoms with van der Waals surface area (Å²) in [5, 5.41) is 8.65. The van der Waals surface area contributed by atoms with Gasteiger partial charge in [0, 0.05) is 82.7 Å². The van der Waals surface area contributed by atoms with Crippen LogP contribution in [0.4, 0.5) is 26.3 Å². The molecule has 7 rings (SSSR count). The second-order valence-electron chi connectivity index (χ2n) is 32.3. The summed E-state index contributed by atoms with van der Waals surface area (Å²) in [6.07, 6.45) is -3.51. The summed E-state index contributed by atoms with van der Waals surface area (Å²) in [6.45, 7) is 7.48. The van der Waals surface area contributed by atoms with Crippen LogP contribution in [0.1, 0.15) is 189 Å². The third-order valence-corrected chi connectivity index (χ3v) is 24.5. The van der Waals surface area contributed by atoms with Gasteiger partial charge in [-0.05, 0) is 158 Å². The molecule has 6 fully saturated rings. The number of hydrogen-bond donors (Lipinski definition) is 3. The van der Waals surface area contributed by atoms with Gasteiger partial charge in [0.25, 0.3) is 0 Å². The Morgan fingerprint density at radius 2 is 1.31 bits per heavy atom. The number of carbonyl (C=O) groups excluding carboxylic acids is 12. The molecule has 616 valence electrons. The second kappa shape index (κ2) is 39.4. The van der Waals surface area contributed by atoms with Gasteiger partial charge in [-0.2, -0.15) is 26.3 Å². The number of likely N-dealkylation sites (N-methyl/N-ethyl adjacent to an activating group) is 7. The molecule has 26 nitrogen and oxygen atoms in total. The van der Waals surface area contributed by atoms with Gasteiger partial charge in [0.05, 0.1) is 44.1 Å². The monoisotopic (exact) mass is 1550 g/mol. The number of amides is 12. The Morgan fingerprint density at radius 1 is 0.661 bits per heavy atom. The predicted octanol–water partition coefficient (Wildman–Crippen LogP) is 6.47. The molecule has 0 radical (unpaired) electrons. The highest BCUT2D eigenvalue weighted by Crippen LogP contribution is 2.45. The van der Waals surface area contributed by atoms with E-state index in [0.717, 1.165) is 19.6 Å². The molecule has 3 N–H and O–H groups in total. The molecule has 0 aromatic heterocycles. The summed E-state index contributed by atoms with van der Waals surface area (Å²) in [6, 6.07) is -10.9. The smallest absolute Gasteiger partial charge is 0.381 e. The van der Waals surface area contributed by atoms with Crippen molar-refractivity contribution in [2.75, 3.05) is 102 Å². The van der Waals surface area contributed by atoms with Crippen molar-refractivity contribution in [2.24, 2.45) is 41.4 Å². The van der Waals surface area contributed by atoms with Crippen molar-refractivity contribution in [1.29, 1.82) is 0 Å². The van der Waals surface area contributed by atoms with Crippen molar-refractivity contribution in [3.63, 3.8) is 0 Å². The van der Waals surface area contributed by atoms with Crippen LogP contribution in [0, 0.1) is 41.4 Å². The Bertz CT molecular complexity index is 3220. The zero-order valence-electron chi connectivity index (χ0n) is 66.3. The summed E-state index contributed by atoms with van der Waals surface area (Å²) in [5.41, 5.74) is -1.60. The number of methoxy groups -OCH3 is 1. The Kier molecular flexibility index (Phi) is 32.2. The molecular formula is C77H122F6N12O14. The first kappa shape index (κ1) is 89.1. The van der Waals surface area contributed by atoms with Crippen LogP contribution in [-0.2, 0) is 67.0 Å². The molecule has 3 unspecified atom stereocenters. The number of hydrogen-bond acceptors (Lipinski definition) is 14. The topological polar surface area (TPSA) is 289 Å². The quantitative estimate of drug-likeness (QED) is 0.0848. The number of carbonyl (C=O) groups is 12. The number of fused-ring (bicyclic) bond motifs is 3. The highest BCUT2D eigenvalue weighted by atomic mass is 19.4. The van der Waals surface area contributed by atoms with Gasteiger partial charge in [-0.3, -0.25) is 57.5 Å². The lowest BCUT2D eigenvalue weighted by Gasteiger charge is -2.47. The number of nitrogens with one attached hydrogen (secondary N) is 3. The van der Waals surface area contributed by atoms with E-state index >= 15 is 33.6 Å². The van der Waals surface area contributed by atoms with Crippen LogP contribution in [0.3, 0.4) is 0 Å². The molecule has 13 atom stereocenters. The van der Waals surface area contributed by atoms with Gasteiger partial charge in [-0.1, -0.05) is 66.0 Å². The summed E-state index contributed by atoms with van der Waals surface area (Å²) in [4.78, 5) is 193. The minimum absolute atomic E-state index is 0.0113. The van der Waals surface area contributed by atoms with Crippen LogP contribution in [0.25, 0.3) is 0 Å². The fraction of sp³-hybridized carbons (Fsp3) is 0.818. The summed E-state index contributed by atoms with van der Waals surface area (Å²) in [5.74, 6) is -14.4. The number of ether oxygens (including phenoxy) is 2. The molecule has 12 amide bonds. The Balaban J connectivity index is 1.32. The standard InChI is InChI=1S/C77H122F6N12O14/c1-14-36-87(6)69(102)57-42-62(97)91(10)59(46-109-38-15-2)66(99)85-64(48(5)16-3)72(105)89(8)45-63(98)90(9)55-25-18-17-21-37-94(71(55)104)58(40-49-26-30-52(31-27-49)76(78,79)80)70(103)88(7)44-61(96)84-54(33-29-50-28-32-53(77(81,82)83)60(41-50)108-13)68(101)95-43-47(4)39-56(95)67(100)86-75(34-22-35-75)74(107)93(12)65(73(106)92(57)11)51-23-19-20-24-51/h17-18,47-60,64-65H,14-16,19-46H2,1-13H3,(H,84,96)(H,85,99)(H,86,100)/b18-17-/t47-,48-,49?,50?,52?,53?,54-,55-,56-,57-,58-,59-,60?,64-,65-/m0/s1. The largest absolute Gasteiger partial charge is 0.394 e. The van der Waals surface area contributed by atoms with Crippen LogP contribution in [-0.4, -0.2) is 290 Å². The van der Waals surface area contributed by atoms with E-state index in [1.807, 2.05) is 20.8 Å². The maximum absolute atomic E-state index is 15.7. The van der Waals surface area contributed by atoms with E-state index in [2.05, 4.69) is 16.0 Å². The van der Waals surface area contributed by atoms with Gasteiger partial charge in [0.1, 0.15) is 53.9 Å². The molecule has 1 spiro atoms. The molecule has 0 aromatic carbocycles. The lowest BCUT2D eigenvalue weighted by atomic mass is 9.74. The third-order valence-electron chi connectivity index (χ3n) is 24.5. The summed E-state index contributed by atoms with van der Waals surface area (Å²) < 4.78 is 96.6. The van der Waals surface area contributed by atoms with Gasteiger partial charge < -0.3 is 69.5 Å². The lowest BCUT2D eigenvalue weighted by molar-refractivity contribution is -0.215. The van der Waals surface area contributed by atoms with Crippen LogP contribution in [0.15, 0.2) is 12.2 Å². The first-order valence-electron chi connectivity index (χ1n) is 39.6. The molecule has 2 saturated heterocycles. The van der Waals surface area contributed by atoms with E-state index in [4.69, 9.17) is 9.47 Å². The van der Waals surface area contributed by atoms with Gasteiger partial charge in [-0.25, -0.2) is 0 Å². The number of alkyl halides is 6. The fourth-order valence-corrected chi connectivity index (χ4v) is 17.3. The zero-order chi connectivity index (χ0) is 80.7. The molecule has 4 aliphatic carbocycles. The van der Waals surface area contributed by atoms with Crippen LogP contribution in [0.2, 0.25) is 0 Å². The Hall–Kier alpha value is -7.12. The van der Waals surface area contributed by atoms with Crippen molar-refractivity contribution in [3.05, 3.63) is 12.2 Å². The van der Waals surface area contributed by atoms with Gasteiger partial charge >= 0.3 is 12.4 Å². The van der Waals surface area contributed by atoms with E-state index in [9.17, 15) is 50.3 Å². The second-order valence-corrected chi connectivity index (χ2v) is 32.3.